The van der Waals surface area contributed by atoms with Crippen molar-refractivity contribution in [1.82, 2.24) is 9.59 Å². The number of carboxylic acids is 1. The fourth-order valence-corrected chi connectivity index (χ4v) is 1.99. The van der Waals surface area contributed by atoms with Gasteiger partial charge in [-0.25, -0.2) is 4.79 Å². The molecule has 104 valence electrons. The molecule has 0 aliphatic carbocycles. The Balaban J connectivity index is 2.06. The first-order valence-electron chi connectivity index (χ1n) is 5.61. The average molecular weight is 293 g/mol. The number of rotatable bonds is 5. The second-order valence-electron chi connectivity index (χ2n) is 3.85. The third kappa shape index (κ3) is 3.51. The SMILES string of the molecule is Cc1nnsc1C(=O)Nc1cccc(OCC(=O)O)c1. The number of benzene rings is 1. The molecule has 1 aromatic heterocycles. The summed E-state index contributed by atoms with van der Waals surface area (Å²) in [5.41, 5.74) is 1.07. The predicted octanol–water partition coefficient (Wildman–Crippen LogP) is 1.56. The van der Waals surface area contributed by atoms with Crippen LogP contribution < -0.4 is 10.1 Å². The summed E-state index contributed by atoms with van der Waals surface area (Å²) in [6, 6.07) is 6.49. The third-order valence-electron chi connectivity index (χ3n) is 2.31. The summed E-state index contributed by atoms with van der Waals surface area (Å²) in [6.45, 7) is 1.26. The topological polar surface area (TPSA) is 101 Å². The van der Waals surface area contributed by atoms with Gasteiger partial charge < -0.3 is 15.2 Å². The van der Waals surface area contributed by atoms with E-state index in [0.29, 0.717) is 22.0 Å². The molecule has 0 saturated heterocycles. The summed E-state index contributed by atoms with van der Waals surface area (Å²) in [5.74, 6) is -1.01. The predicted molar refractivity (Wildman–Crippen MR) is 72.2 cm³/mol. The molecule has 0 saturated carbocycles. The van der Waals surface area contributed by atoms with Crippen LogP contribution in [0.4, 0.5) is 5.69 Å². The number of nitrogens with one attached hydrogen (secondary N) is 1. The van der Waals surface area contributed by atoms with Crippen molar-refractivity contribution >= 4 is 29.1 Å². The highest BCUT2D eigenvalue weighted by Crippen LogP contribution is 2.19. The van der Waals surface area contributed by atoms with E-state index in [4.69, 9.17) is 9.84 Å². The van der Waals surface area contributed by atoms with Gasteiger partial charge in [0.25, 0.3) is 5.91 Å². The molecule has 20 heavy (non-hydrogen) atoms. The van der Waals surface area contributed by atoms with E-state index in [0.717, 1.165) is 11.5 Å². The minimum atomic E-state index is -1.06. The van der Waals surface area contributed by atoms with Gasteiger partial charge in [0, 0.05) is 11.8 Å². The number of aliphatic carboxylic acids is 1. The fraction of sp³-hybridized carbons (Fsp3) is 0.167. The van der Waals surface area contributed by atoms with Crippen LogP contribution in [0.25, 0.3) is 0 Å². The Hall–Kier alpha value is -2.48. The van der Waals surface area contributed by atoms with Gasteiger partial charge >= 0.3 is 5.97 Å². The number of aromatic nitrogens is 2. The number of aryl methyl sites for hydroxylation is 1. The van der Waals surface area contributed by atoms with E-state index in [2.05, 4.69) is 14.9 Å². The summed E-state index contributed by atoms with van der Waals surface area (Å²) in [6.07, 6.45) is 0. The van der Waals surface area contributed by atoms with Crippen LogP contribution in [0.15, 0.2) is 24.3 Å². The Kier molecular flexibility index (Phi) is 4.26. The summed E-state index contributed by atoms with van der Waals surface area (Å²) in [4.78, 5) is 22.8. The van der Waals surface area contributed by atoms with Crippen LogP contribution in [0.1, 0.15) is 15.4 Å². The van der Waals surface area contributed by atoms with Crippen LogP contribution in [0, 0.1) is 6.92 Å². The van der Waals surface area contributed by atoms with E-state index in [1.807, 2.05) is 0 Å². The second-order valence-corrected chi connectivity index (χ2v) is 4.61. The van der Waals surface area contributed by atoms with Crippen LogP contribution >= 0.6 is 11.5 Å². The molecule has 1 amide bonds. The number of hydrogen-bond donors (Lipinski definition) is 2. The van der Waals surface area contributed by atoms with Gasteiger partial charge in [-0.3, -0.25) is 4.79 Å². The molecule has 0 spiro atoms. The van der Waals surface area contributed by atoms with Gasteiger partial charge in [-0.1, -0.05) is 10.6 Å². The maximum absolute atomic E-state index is 12.0. The maximum Gasteiger partial charge on any atom is 0.341 e. The Morgan fingerprint density at radius 1 is 1.45 bits per heavy atom. The van der Waals surface area contributed by atoms with Crippen molar-refractivity contribution in [3.63, 3.8) is 0 Å². The lowest BCUT2D eigenvalue weighted by atomic mass is 10.3. The van der Waals surface area contributed by atoms with Gasteiger partial charge in [0.05, 0.1) is 5.69 Å². The van der Waals surface area contributed by atoms with Crippen molar-refractivity contribution in [1.29, 1.82) is 0 Å². The lowest BCUT2D eigenvalue weighted by Gasteiger charge is -2.07. The van der Waals surface area contributed by atoms with E-state index in [1.54, 1.807) is 31.2 Å². The minimum Gasteiger partial charge on any atom is -0.482 e. The number of carbonyl (C=O) groups excluding carboxylic acids is 1. The van der Waals surface area contributed by atoms with Crippen LogP contribution in [-0.2, 0) is 4.79 Å². The van der Waals surface area contributed by atoms with Crippen LogP contribution in [0.5, 0.6) is 5.75 Å². The summed E-state index contributed by atoms with van der Waals surface area (Å²) in [7, 11) is 0. The van der Waals surface area contributed by atoms with Gasteiger partial charge in [-0.15, -0.1) is 5.10 Å². The van der Waals surface area contributed by atoms with Crippen LogP contribution in [0.3, 0.4) is 0 Å². The first-order chi connectivity index (χ1) is 9.56. The lowest BCUT2D eigenvalue weighted by Crippen LogP contribution is -2.12. The van der Waals surface area contributed by atoms with Crippen molar-refractivity contribution in [3.8, 4) is 5.75 Å². The van der Waals surface area contributed by atoms with Gasteiger partial charge in [0.15, 0.2) is 6.61 Å². The number of nitrogens with zero attached hydrogens (tertiary/aromatic N) is 2. The van der Waals surface area contributed by atoms with Gasteiger partial charge in [-0.05, 0) is 30.6 Å². The molecule has 7 nitrogen and oxygen atoms in total. The number of amides is 1. The molecule has 0 atom stereocenters. The zero-order chi connectivity index (χ0) is 14.5. The van der Waals surface area contributed by atoms with Crippen molar-refractivity contribution in [2.75, 3.05) is 11.9 Å². The van der Waals surface area contributed by atoms with E-state index in [9.17, 15) is 9.59 Å². The molecule has 0 bridgehead atoms. The highest BCUT2D eigenvalue weighted by molar-refractivity contribution is 7.08. The number of hydrogen-bond acceptors (Lipinski definition) is 6. The number of carbonyl (C=O) groups is 2. The zero-order valence-corrected chi connectivity index (χ0v) is 11.3. The average Bonchev–Trinajstić information content (AvgIpc) is 2.83. The second kappa shape index (κ2) is 6.11. The molecule has 0 fully saturated rings. The Morgan fingerprint density at radius 3 is 2.90 bits per heavy atom. The standard InChI is InChI=1S/C12H11N3O4S/c1-7-11(20-15-14-7)12(18)13-8-3-2-4-9(5-8)19-6-10(16)17/h2-5H,6H2,1H3,(H,13,18)(H,16,17). The highest BCUT2D eigenvalue weighted by atomic mass is 32.1. The third-order valence-corrected chi connectivity index (χ3v) is 3.14. The van der Waals surface area contributed by atoms with Gasteiger partial charge in [-0.2, -0.15) is 0 Å². The molecule has 8 heteroatoms. The molecule has 2 N–H and O–H groups in total. The van der Waals surface area contributed by atoms with Crippen molar-refractivity contribution in [2.45, 2.75) is 6.92 Å². The van der Waals surface area contributed by atoms with Crippen LogP contribution in [0.2, 0.25) is 0 Å². The minimum absolute atomic E-state index is 0.312. The summed E-state index contributed by atoms with van der Waals surface area (Å²) >= 11 is 1.01. The molecule has 2 rings (SSSR count). The molecule has 0 aliphatic heterocycles. The van der Waals surface area contributed by atoms with Crippen LogP contribution in [-0.4, -0.2) is 33.2 Å². The number of carboxylic acid groups (broad SMARTS) is 1. The molecular formula is C12H11N3O4S. The molecule has 1 aromatic carbocycles. The maximum atomic E-state index is 12.0. The zero-order valence-electron chi connectivity index (χ0n) is 10.5. The Morgan fingerprint density at radius 2 is 2.25 bits per heavy atom. The van der Waals surface area contributed by atoms with Crippen molar-refractivity contribution < 1.29 is 19.4 Å². The molecule has 2 aromatic rings. The molecule has 0 aliphatic rings. The number of ether oxygens (including phenoxy) is 1. The van der Waals surface area contributed by atoms with E-state index in [-0.39, 0.29) is 5.91 Å². The first-order valence-corrected chi connectivity index (χ1v) is 6.38. The summed E-state index contributed by atoms with van der Waals surface area (Å²) in [5, 5.41) is 15.0. The fourth-order valence-electron chi connectivity index (χ4n) is 1.44. The van der Waals surface area contributed by atoms with Gasteiger partial charge in [0.1, 0.15) is 10.6 Å². The molecule has 1 heterocycles. The summed E-state index contributed by atoms with van der Waals surface area (Å²) < 4.78 is 8.72. The normalized spacial score (nSPS) is 10.1. The van der Waals surface area contributed by atoms with E-state index < -0.39 is 12.6 Å². The lowest BCUT2D eigenvalue weighted by molar-refractivity contribution is -0.139. The van der Waals surface area contributed by atoms with Gasteiger partial charge in [0.2, 0.25) is 0 Å². The van der Waals surface area contributed by atoms with Crippen molar-refractivity contribution in [3.05, 3.63) is 34.8 Å². The largest absolute Gasteiger partial charge is 0.482 e. The Bertz CT molecular complexity index is 641. The van der Waals surface area contributed by atoms with E-state index in [1.165, 1.54) is 0 Å². The molecule has 0 radical (unpaired) electrons. The highest BCUT2D eigenvalue weighted by Gasteiger charge is 2.13. The quantitative estimate of drug-likeness (QED) is 0.867. The smallest absolute Gasteiger partial charge is 0.341 e. The Labute approximate surface area is 118 Å². The van der Waals surface area contributed by atoms with E-state index >= 15 is 0 Å². The first kappa shape index (κ1) is 13.9. The molecular weight excluding hydrogens is 282 g/mol. The number of anilines is 1. The monoisotopic (exact) mass is 293 g/mol. The van der Waals surface area contributed by atoms with Crippen molar-refractivity contribution in [2.24, 2.45) is 0 Å². The molecule has 0 unspecified atom stereocenters.